The molecule has 0 amide bonds. The molecule has 1 N–H and O–H groups in total. The molecule has 0 spiro atoms. The van der Waals surface area contributed by atoms with Crippen LogP contribution >= 0.6 is 0 Å². The van der Waals surface area contributed by atoms with Crippen molar-refractivity contribution < 1.29 is 17.6 Å². The van der Waals surface area contributed by atoms with Crippen LogP contribution < -0.4 is 5.32 Å². The molecule has 7 heteroatoms. The topological polar surface area (TPSA) is 51.0 Å². The predicted octanol–water partition coefficient (Wildman–Crippen LogP) is 5.23. The number of aromatic nitrogens is 2. The maximum atomic E-state index is 14.3. The van der Waals surface area contributed by atoms with Gasteiger partial charge in [0.25, 0.3) is 0 Å². The molecule has 2 heterocycles. The van der Waals surface area contributed by atoms with Gasteiger partial charge in [0.2, 0.25) is 5.95 Å². The van der Waals surface area contributed by atoms with E-state index in [2.05, 4.69) is 22.2 Å². The summed E-state index contributed by atoms with van der Waals surface area (Å²) < 4.78 is 46.9. The third-order valence-corrected chi connectivity index (χ3v) is 3.78. The summed E-state index contributed by atoms with van der Waals surface area (Å²) in [6.07, 6.45) is 2.30. The van der Waals surface area contributed by atoms with Gasteiger partial charge in [-0.1, -0.05) is 0 Å². The predicted molar refractivity (Wildman–Crippen MR) is 91.3 cm³/mol. The Morgan fingerprint density at radius 3 is 2.65 bits per heavy atom. The van der Waals surface area contributed by atoms with E-state index in [0.717, 1.165) is 6.20 Å². The molecule has 4 rings (SSSR count). The zero-order valence-electron chi connectivity index (χ0n) is 13.3. The number of fused-ring (bicyclic) bond motifs is 1. The molecular formula is C19H11F3N3O. The van der Waals surface area contributed by atoms with Crippen LogP contribution in [-0.2, 0) is 0 Å². The molecular weight excluding hydrogens is 343 g/mol. The van der Waals surface area contributed by atoms with E-state index < -0.39 is 17.5 Å². The SMILES string of the molecule is [CH2]c1cc(F)cc(Nc2ncc(F)c(-c3ccc(F)c4ccoc34)n2)c1. The van der Waals surface area contributed by atoms with Gasteiger partial charge < -0.3 is 9.73 Å². The monoisotopic (exact) mass is 354 g/mol. The molecule has 2 aromatic heterocycles. The number of nitrogens with one attached hydrogen (secondary N) is 1. The van der Waals surface area contributed by atoms with E-state index in [4.69, 9.17) is 4.42 Å². The molecule has 4 nitrogen and oxygen atoms in total. The van der Waals surface area contributed by atoms with E-state index in [-0.39, 0.29) is 28.2 Å². The summed E-state index contributed by atoms with van der Waals surface area (Å²) in [5.41, 5.74) is 1.24. The Labute approximate surface area is 146 Å². The van der Waals surface area contributed by atoms with Crippen LogP contribution in [0.15, 0.2) is 53.3 Å². The molecule has 26 heavy (non-hydrogen) atoms. The minimum Gasteiger partial charge on any atom is -0.464 e. The Hall–Kier alpha value is -3.35. The Bertz CT molecular complexity index is 1100. The van der Waals surface area contributed by atoms with Gasteiger partial charge in [0.1, 0.15) is 22.9 Å². The van der Waals surface area contributed by atoms with Crippen molar-refractivity contribution in [1.29, 1.82) is 0 Å². The van der Waals surface area contributed by atoms with Crippen LogP contribution in [0.4, 0.5) is 24.8 Å². The Balaban J connectivity index is 1.79. The number of benzene rings is 2. The molecule has 0 unspecified atom stereocenters. The van der Waals surface area contributed by atoms with Crippen molar-refractivity contribution in [1.82, 2.24) is 9.97 Å². The molecule has 0 aliphatic rings. The fraction of sp³-hybridized carbons (Fsp3) is 0. The standard InChI is InChI=1S/C19H11F3N3O/c1-10-6-11(20)8-12(7-10)24-19-23-9-16(22)17(25-19)14-2-3-15(21)13-4-5-26-18(13)14/h2-9H,1H2,(H,23,24,25). The molecule has 0 saturated carbocycles. The summed E-state index contributed by atoms with van der Waals surface area (Å²) in [4.78, 5) is 7.99. The second-order valence-corrected chi connectivity index (χ2v) is 5.62. The lowest BCUT2D eigenvalue weighted by atomic mass is 10.1. The lowest BCUT2D eigenvalue weighted by Gasteiger charge is -2.09. The van der Waals surface area contributed by atoms with Crippen molar-refractivity contribution in [2.75, 3.05) is 5.32 Å². The lowest BCUT2D eigenvalue weighted by molar-refractivity contribution is 0.605. The molecule has 2 aromatic carbocycles. The van der Waals surface area contributed by atoms with Gasteiger partial charge >= 0.3 is 0 Å². The van der Waals surface area contributed by atoms with E-state index in [1.54, 1.807) is 6.07 Å². The number of hydrogen-bond donors (Lipinski definition) is 1. The zero-order valence-corrected chi connectivity index (χ0v) is 13.3. The first kappa shape index (κ1) is 16.1. The normalized spacial score (nSPS) is 11.1. The third kappa shape index (κ3) is 2.88. The molecule has 0 bridgehead atoms. The van der Waals surface area contributed by atoms with Gasteiger partial charge in [0, 0.05) is 11.3 Å². The van der Waals surface area contributed by atoms with Gasteiger partial charge in [0.15, 0.2) is 5.82 Å². The number of anilines is 2. The summed E-state index contributed by atoms with van der Waals surface area (Å²) in [5.74, 6) is -1.60. The van der Waals surface area contributed by atoms with Crippen LogP contribution in [-0.4, -0.2) is 9.97 Å². The van der Waals surface area contributed by atoms with Gasteiger partial charge in [-0.2, -0.15) is 0 Å². The second kappa shape index (κ2) is 6.18. The van der Waals surface area contributed by atoms with Crippen LogP contribution in [0.2, 0.25) is 0 Å². The Kier molecular flexibility index (Phi) is 3.84. The number of halogens is 3. The van der Waals surface area contributed by atoms with Crippen LogP contribution in [0, 0.1) is 24.4 Å². The van der Waals surface area contributed by atoms with Crippen LogP contribution in [0.25, 0.3) is 22.2 Å². The summed E-state index contributed by atoms with van der Waals surface area (Å²) >= 11 is 0. The van der Waals surface area contributed by atoms with Gasteiger partial charge in [0.05, 0.1) is 17.8 Å². The van der Waals surface area contributed by atoms with Crippen LogP contribution in [0.3, 0.4) is 0 Å². The van der Waals surface area contributed by atoms with E-state index in [1.807, 2.05) is 0 Å². The van der Waals surface area contributed by atoms with E-state index in [0.29, 0.717) is 11.3 Å². The number of nitrogens with zero attached hydrogens (tertiary/aromatic N) is 2. The molecule has 1 radical (unpaired) electrons. The Morgan fingerprint density at radius 1 is 1.00 bits per heavy atom. The highest BCUT2D eigenvalue weighted by Gasteiger charge is 2.17. The molecule has 0 saturated heterocycles. The fourth-order valence-electron chi connectivity index (χ4n) is 2.68. The zero-order chi connectivity index (χ0) is 18.3. The van der Waals surface area contributed by atoms with Crippen molar-refractivity contribution in [3.05, 3.63) is 78.8 Å². The quantitative estimate of drug-likeness (QED) is 0.547. The minimum atomic E-state index is -0.697. The average molecular weight is 354 g/mol. The highest BCUT2D eigenvalue weighted by molar-refractivity contribution is 5.92. The highest BCUT2D eigenvalue weighted by Crippen LogP contribution is 2.32. The van der Waals surface area contributed by atoms with Crippen molar-refractivity contribution in [2.45, 2.75) is 0 Å². The maximum Gasteiger partial charge on any atom is 0.227 e. The van der Waals surface area contributed by atoms with Crippen molar-refractivity contribution in [3.63, 3.8) is 0 Å². The van der Waals surface area contributed by atoms with Crippen LogP contribution in [0.1, 0.15) is 5.56 Å². The summed E-state index contributed by atoms with van der Waals surface area (Å²) in [6, 6.07) is 8.15. The molecule has 0 atom stereocenters. The molecule has 129 valence electrons. The fourth-order valence-corrected chi connectivity index (χ4v) is 2.68. The molecule has 0 aliphatic heterocycles. The first-order valence-corrected chi connectivity index (χ1v) is 7.59. The number of hydrogen-bond acceptors (Lipinski definition) is 4. The van der Waals surface area contributed by atoms with Crippen LogP contribution in [0.5, 0.6) is 0 Å². The Morgan fingerprint density at radius 2 is 1.85 bits per heavy atom. The minimum absolute atomic E-state index is 0.0513. The summed E-state index contributed by atoms with van der Waals surface area (Å²) in [5, 5.41) is 3.03. The second-order valence-electron chi connectivity index (χ2n) is 5.62. The van der Waals surface area contributed by atoms with Gasteiger partial charge in [-0.05, 0) is 48.9 Å². The summed E-state index contributed by atoms with van der Waals surface area (Å²) in [7, 11) is 0. The van der Waals surface area contributed by atoms with E-state index in [1.165, 1.54) is 36.6 Å². The smallest absolute Gasteiger partial charge is 0.227 e. The van der Waals surface area contributed by atoms with Crippen molar-refractivity contribution in [2.24, 2.45) is 0 Å². The third-order valence-electron chi connectivity index (χ3n) is 3.78. The van der Waals surface area contributed by atoms with Gasteiger partial charge in [-0.25, -0.2) is 23.1 Å². The molecule has 0 aliphatic carbocycles. The van der Waals surface area contributed by atoms with Crippen molar-refractivity contribution in [3.8, 4) is 11.3 Å². The summed E-state index contributed by atoms with van der Waals surface area (Å²) in [6.45, 7) is 3.67. The largest absolute Gasteiger partial charge is 0.464 e. The first-order valence-electron chi connectivity index (χ1n) is 7.59. The van der Waals surface area contributed by atoms with Gasteiger partial charge in [-0.15, -0.1) is 0 Å². The highest BCUT2D eigenvalue weighted by atomic mass is 19.1. The number of rotatable bonds is 3. The first-order chi connectivity index (χ1) is 12.5. The van der Waals surface area contributed by atoms with E-state index >= 15 is 0 Å². The van der Waals surface area contributed by atoms with E-state index in [9.17, 15) is 13.2 Å². The number of furan rings is 1. The lowest BCUT2D eigenvalue weighted by Crippen LogP contribution is -2.01. The average Bonchev–Trinajstić information content (AvgIpc) is 3.07. The van der Waals surface area contributed by atoms with Gasteiger partial charge in [-0.3, -0.25) is 0 Å². The molecule has 0 fully saturated rings. The maximum absolute atomic E-state index is 14.3. The molecule has 4 aromatic rings. The van der Waals surface area contributed by atoms with Crippen molar-refractivity contribution >= 4 is 22.6 Å².